The number of halogens is 3. The summed E-state index contributed by atoms with van der Waals surface area (Å²) in [6, 6.07) is 10.2. The van der Waals surface area contributed by atoms with Crippen LogP contribution in [0.4, 0.5) is 13.2 Å². The average Bonchev–Trinajstić information content (AvgIpc) is 2.48. The molecule has 0 radical (unpaired) electrons. The van der Waals surface area contributed by atoms with Crippen molar-refractivity contribution in [3.63, 3.8) is 0 Å². The summed E-state index contributed by atoms with van der Waals surface area (Å²) < 4.78 is 39.0. The van der Waals surface area contributed by atoms with Crippen molar-refractivity contribution in [3.05, 3.63) is 64.7 Å². The molecule has 120 valence electrons. The van der Waals surface area contributed by atoms with Gasteiger partial charge >= 0.3 is 6.18 Å². The van der Waals surface area contributed by atoms with E-state index in [9.17, 15) is 23.1 Å². The SMILES string of the molecule is Cc1cc(O)c(/C=N/NC(=O)c2ccccc2)c(C(F)(F)F)c1. The Morgan fingerprint density at radius 3 is 2.48 bits per heavy atom. The highest BCUT2D eigenvalue weighted by Crippen LogP contribution is 2.35. The lowest BCUT2D eigenvalue weighted by Gasteiger charge is -2.12. The van der Waals surface area contributed by atoms with Crippen LogP contribution in [0.15, 0.2) is 47.6 Å². The first-order valence-electron chi connectivity index (χ1n) is 6.58. The number of nitrogens with zero attached hydrogens (tertiary/aromatic N) is 1. The zero-order chi connectivity index (χ0) is 17.0. The normalized spacial score (nSPS) is 11.7. The van der Waals surface area contributed by atoms with E-state index in [1.807, 2.05) is 0 Å². The molecule has 0 aliphatic rings. The van der Waals surface area contributed by atoms with E-state index in [4.69, 9.17) is 0 Å². The van der Waals surface area contributed by atoms with E-state index in [1.165, 1.54) is 25.1 Å². The molecule has 0 aromatic heterocycles. The van der Waals surface area contributed by atoms with Gasteiger partial charge in [-0.15, -0.1) is 0 Å². The predicted molar refractivity (Wildman–Crippen MR) is 79.3 cm³/mol. The fourth-order valence-corrected chi connectivity index (χ4v) is 1.96. The number of amides is 1. The fraction of sp³-hybridized carbons (Fsp3) is 0.125. The highest BCUT2D eigenvalue weighted by molar-refractivity contribution is 5.95. The number of aromatic hydroxyl groups is 1. The number of hydrogen-bond donors (Lipinski definition) is 2. The molecular formula is C16H13F3N2O2. The minimum absolute atomic E-state index is 0.264. The first-order valence-corrected chi connectivity index (χ1v) is 6.58. The molecule has 0 atom stereocenters. The number of carbonyl (C=O) groups excluding carboxylic acids is 1. The summed E-state index contributed by atoms with van der Waals surface area (Å²) in [5.41, 5.74) is 1.17. The van der Waals surface area contributed by atoms with Gasteiger partial charge in [0, 0.05) is 11.1 Å². The van der Waals surface area contributed by atoms with Crippen LogP contribution in [0.1, 0.15) is 27.0 Å². The molecule has 0 bridgehead atoms. The van der Waals surface area contributed by atoms with Gasteiger partial charge in [0.2, 0.25) is 0 Å². The molecule has 2 aromatic rings. The number of phenolic OH excluding ortho intramolecular Hbond substituents is 1. The van der Waals surface area contributed by atoms with Gasteiger partial charge in [-0.1, -0.05) is 18.2 Å². The molecule has 0 saturated carbocycles. The Labute approximate surface area is 130 Å². The topological polar surface area (TPSA) is 61.7 Å². The molecule has 1 amide bonds. The summed E-state index contributed by atoms with van der Waals surface area (Å²) in [6.45, 7) is 1.44. The molecule has 0 aliphatic heterocycles. The van der Waals surface area contributed by atoms with Crippen LogP contribution < -0.4 is 5.43 Å². The molecule has 0 aliphatic carbocycles. The zero-order valence-electron chi connectivity index (χ0n) is 12.1. The molecule has 2 rings (SSSR count). The van der Waals surface area contributed by atoms with E-state index < -0.39 is 29.0 Å². The molecule has 0 spiro atoms. The Hall–Kier alpha value is -2.83. The highest BCUT2D eigenvalue weighted by Gasteiger charge is 2.34. The van der Waals surface area contributed by atoms with Crippen LogP contribution in [0, 0.1) is 6.92 Å². The first kappa shape index (κ1) is 16.5. The largest absolute Gasteiger partial charge is 0.507 e. The lowest BCUT2D eigenvalue weighted by Crippen LogP contribution is -2.18. The smallest absolute Gasteiger partial charge is 0.417 e. The molecule has 4 nitrogen and oxygen atoms in total. The van der Waals surface area contributed by atoms with Gasteiger partial charge in [0.15, 0.2) is 0 Å². The minimum Gasteiger partial charge on any atom is -0.507 e. The Morgan fingerprint density at radius 2 is 1.87 bits per heavy atom. The number of hydrogen-bond acceptors (Lipinski definition) is 3. The van der Waals surface area contributed by atoms with Crippen LogP contribution >= 0.6 is 0 Å². The Morgan fingerprint density at radius 1 is 1.22 bits per heavy atom. The van der Waals surface area contributed by atoms with Crippen LogP contribution in [0.25, 0.3) is 0 Å². The number of nitrogens with one attached hydrogen (secondary N) is 1. The third kappa shape index (κ3) is 4.09. The highest BCUT2D eigenvalue weighted by atomic mass is 19.4. The second-order valence-electron chi connectivity index (χ2n) is 4.81. The Balaban J connectivity index is 2.25. The van der Waals surface area contributed by atoms with Gasteiger partial charge in [0.1, 0.15) is 5.75 Å². The second-order valence-corrected chi connectivity index (χ2v) is 4.81. The summed E-state index contributed by atoms with van der Waals surface area (Å²) in [6.07, 6.45) is -3.87. The molecule has 0 heterocycles. The van der Waals surface area contributed by atoms with Crippen LogP contribution in [0.2, 0.25) is 0 Å². The summed E-state index contributed by atoms with van der Waals surface area (Å²) >= 11 is 0. The van der Waals surface area contributed by atoms with Crippen molar-refractivity contribution in [1.82, 2.24) is 5.43 Å². The predicted octanol–water partition coefficient (Wildman–Crippen LogP) is 3.48. The van der Waals surface area contributed by atoms with Crippen molar-refractivity contribution >= 4 is 12.1 Å². The molecule has 0 unspecified atom stereocenters. The van der Waals surface area contributed by atoms with E-state index in [0.717, 1.165) is 12.3 Å². The molecule has 0 saturated heterocycles. The van der Waals surface area contributed by atoms with Crippen molar-refractivity contribution in [2.24, 2.45) is 5.10 Å². The van der Waals surface area contributed by atoms with Crippen molar-refractivity contribution in [2.75, 3.05) is 0 Å². The van der Waals surface area contributed by atoms with Gasteiger partial charge in [-0.2, -0.15) is 18.3 Å². The maximum Gasteiger partial charge on any atom is 0.417 e. The van der Waals surface area contributed by atoms with Gasteiger partial charge in [0.25, 0.3) is 5.91 Å². The quantitative estimate of drug-likeness (QED) is 0.671. The van der Waals surface area contributed by atoms with Gasteiger partial charge in [-0.25, -0.2) is 5.43 Å². The molecular weight excluding hydrogens is 309 g/mol. The van der Waals surface area contributed by atoms with Crippen molar-refractivity contribution in [2.45, 2.75) is 13.1 Å². The number of aryl methyl sites for hydroxylation is 1. The Bertz CT molecular complexity index is 741. The minimum atomic E-state index is -4.64. The van der Waals surface area contributed by atoms with Gasteiger partial charge in [-0.3, -0.25) is 4.79 Å². The van der Waals surface area contributed by atoms with Gasteiger partial charge in [0.05, 0.1) is 11.8 Å². The van der Waals surface area contributed by atoms with Crippen LogP contribution in [-0.4, -0.2) is 17.2 Å². The van der Waals surface area contributed by atoms with Crippen LogP contribution in [0.5, 0.6) is 5.75 Å². The van der Waals surface area contributed by atoms with E-state index in [0.29, 0.717) is 5.56 Å². The third-order valence-electron chi connectivity index (χ3n) is 3.00. The summed E-state index contributed by atoms with van der Waals surface area (Å²) in [7, 11) is 0. The lowest BCUT2D eigenvalue weighted by atomic mass is 10.0. The first-order chi connectivity index (χ1) is 10.8. The van der Waals surface area contributed by atoms with Crippen molar-refractivity contribution in [1.29, 1.82) is 0 Å². The summed E-state index contributed by atoms with van der Waals surface area (Å²) in [5.74, 6) is -1.13. The number of alkyl halides is 3. The monoisotopic (exact) mass is 322 g/mol. The van der Waals surface area contributed by atoms with E-state index in [-0.39, 0.29) is 5.56 Å². The maximum atomic E-state index is 13.0. The maximum absolute atomic E-state index is 13.0. The number of hydrazone groups is 1. The summed E-state index contributed by atoms with van der Waals surface area (Å²) in [4.78, 5) is 11.7. The average molecular weight is 322 g/mol. The molecule has 23 heavy (non-hydrogen) atoms. The number of phenols is 1. The summed E-state index contributed by atoms with van der Waals surface area (Å²) in [5, 5.41) is 13.2. The molecule has 2 aromatic carbocycles. The van der Waals surface area contributed by atoms with Crippen LogP contribution in [-0.2, 0) is 6.18 Å². The van der Waals surface area contributed by atoms with E-state index >= 15 is 0 Å². The van der Waals surface area contributed by atoms with Gasteiger partial charge in [-0.05, 0) is 36.8 Å². The third-order valence-corrected chi connectivity index (χ3v) is 3.00. The Kier molecular flexibility index (Phi) is 4.68. The second kappa shape index (κ2) is 6.51. The van der Waals surface area contributed by atoms with Crippen molar-refractivity contribution < 1.29 is 23.1 Å². The van der Waals surface area contributed by atoms with Crippen molar-refractivity contribution in [3.8, 4) is 5.75 Å². The lowest BCUT2D eigenvalue weighted by molar-refractivity contribution is -0.137. The number of rotatable bonds is 3. The molecule has 7 heteroatoms. The van der Waals surface area contributed by atoms with E-state index in [1.54, 1.807) is 18.2 Å². The standard InChI is InChI=1S/C16H13F3N2O2/c1-10-7-13(16(17,18)19)12(14(22)8-10)9-20-21-15(23)11-5-3-2-4-6-11/h2-9,22H,1H3,(H,21,23)/b20-9+. The molecule has 0 fully saturated rings. The zero-order valence-corrected chi connectivity index (χ0v) is 12.1. The van der Waals surface area contributed by atoms with Gasteiger partial charge < -0.3 is 5.11 Å². The number of benzene rings is 2. The fourth-order valence-electron chi connectivity index (χ4n) is 1.96. The molecule has 2 N–H and O–H groups in total. The van der Waals surface area contributed by atoms with Crippen LogP contribution in [0.3, 0.4) is 0 Å². The number of carbonyl (C=O) groups is 1. The van der Waals surface area contributed by atoms with E-state index in [2.05, 4.69) is 10.5 Å².